The van der Waals surface area contributed by atoms with E-state index in [4.69, 9.17) is 9.47 Å². The lowest BCUT2D eigenvalue weighted by molar-refractivity contribution is -0.111. The van der Waals surface area contributed by atoms with Gasteiger partial charge in [0.15, 0.2) is 5.75 Å². The largest absolute Gasteiger partial charge is 0.494 e. The Bertz CT molecular complexity index is 1560. The van der Waals surface area contributed by atoms with Gasteiger partial charge in [0.05, 0.1) is 43.0 Å². The first-order valence-corrected chi connectivity index (χ1v) is 12.7. The summed E-state index contributed by atoms with van der Waals surface area (Å²) in [6.07, 6.45) is 4.01. The minimum Gasteiger partial charge on any atom is -0.494 e. The minimum atomic E-state index is -2.73. The molecule has 4 aromatic rings. The van der Waals surface area contributed by atoms with E-state index in [0.29, 0.717) is 51.6 Å². The highest BCUT2D eigenvalue weighted by atomic mass is 19.3. The van der Waals surface area contributed by atoms with Gasteiger partial charge in [0.2, 0.25) is 11.9 Å². The SMILES string of the molecule is C=CC(=O)Nc1cc(Nc2ncc(OC)c(-c3cn(C(F)F)c4ccccc34)n2)c(OC)cc1N(C)CCN(C)C. The highest BCUT2D eigenvalue weighted by Gasteiger charge is 2.21. The van der Waals surface area contributed by atoms with E-state index in [2.05, 4.69) is 32.1 Å². The summed E-state index contributed by atoms with van der Waals surface area (Å²) in [7, 11) is 8.88. The van der Waals surface area contributed by atoms with Gasteiger partial charge in [-0.2, -0.15) is 8.78 Å². The van der Waals surface area contributed by atoms with Crippen molar-refractivity contribution in [1.82, 2.24) is 19.4 Å². The molecule has 0 unspecified atom stereocenters. The smallest absolute Gasteiger partial charge is 0.319 e. The number of benzene rings is 2. The number of methoxy groups -OCH3 is 2. The van der Waals surface area contributed by atoms with E-state index in [-0.39, 0.29) is 11.9 Å². The number of fused-ring (bicyclic) bond motifs is 1. The number of nitrogens with one attached hydrogen (secondary N) is 2. The number of carbonyl (C=O) groups excluding carboxylic acids is 1. The van der Waals surface area contributed by atoms with E-state index in [1.165, 1.54) is 32.7 Å². The fraction of sp³-hybridized carbons (Fsp3) is 0.276. The number of ether oxygens (including phenoxy) is 2. The fourth-order valence-corrected chi connectivity index (χ4v) is 4.35. The van der Waals surface area contributed by atoms with Crippen LogP contribution in [0.3, 0.4) is 0 Å². The van der Waals surface area contributed by atoms with E-state index < -0.39 is 6.55 Å². The monoisotopic (exact) mass is 565 g/mol. The van der Waals surface area contributed by atoms with Gasteiger partial charge in [0.1, 0.15) is 11.4 Å². The summed E-state index contributed by atoms with van der Waals surface area (Å²) in [5.41, 5.74) is 2.90. The molecule has 0 fully saturated rings. The number of alkyl halides is 2. The van der Waals surface area contributed by atoms with Crippen molar-refractivity contribution in [2.75, 3.05) is 64.0 Å². The summed E-state index contributed by atoms with van der Waals surface area (Å²) in [5.74, 6) is 0.588. The maximum atomic E-state index is 13.8. The van der Waals surface area contributed by atoms with Crippen molar-refractivity contribution in [1.29, 1.82) is 0 Å². The Kier molecular flexibility index (Phi) is 9.03. The Morgan fingerprint density at radius 1 is 1.10 bits per heavy atom. The van der Waals surface area contributed by atoms with E-state index in [1.807, 2.05) is 26.0 Å². The quantitative estimate of drug-likeness (QED) is 0.221. The second kappa shape index (κ2) is 12.6. The summed E-state index contributed by atoms with van der Waals surface area (Å²) in [6.45, 7) is 2.30. The molecular formula is C29H33F2N7O3. The molecule has 2 aromatic heterocycles. The van der Waals surface area contributed by atoms with E-state index >= 15 is 0 Å². The maximum Gasteiger partial charge on any atom is 0.319 e. The molecule has 0 saturated heterocycles. The van der Waals surface area contributed by atoms with Crippen LogP contribution in [0.15, 0.2) is 61.4 Å². The third-order valence-electron chi connectivity index (χ3n) is 6.48. The number of carbonyl (C=O) groups is 1. The molecule has 216 valence electrons. The van der Waals surface area contributed by atoms with Gasteiger partial charge in [-0.25, -0.2) is 9.97 Å². The van der Waals surface area contributed by atoms with Gasteiger partial charge >= 0.3 is 6.55 Å². The van der Waals surface area contributed by atoms with Crippen LogP contribution in [0.4, 0.5) is 31.8 Å². The lowest BCUT2D eigenvalue weighted by Crippen LogP contribution is -2.29. The van der Waals surface area contributed by atoms with Crippen molar-refractivity contribution in [2.24, 2.45) is 0 Å². The Hall–Kier alpha value is -4.71. The number of hydrogen-bond donors (Lipinski definition) is 2. The molecule has 2 heterocycles. The van der Waals surface area contributed by atoms with Crippen LogP contribution in [0.25, 0.3) is 22.2 Å². The van der Waals surface area contributed by atoms with Crippen LogP contribution in [-0.2, 0) is 4.79 Å². The molecule has 0 aliphatic carbocycles. The van der Waals surface area contributed by atoms with E-state index in [9.17, 15) is 13.6 Å². The predicted molar refractivity (Wildman–Crippen MR) is 158 cm³/mol. The van der Waals surface area contributed by atoms with Crippen molar-refractivity contribution in [2.45, 2.75) is 6.55 Å². The molecule has 41 heavy (non-hydrogen) atoms. The molecule has 0 spiro atoms. The van der Waals surface area contributed by atoms with Crippen molar-refractivity contribution >= 4 is 39.8 Å². The molecule has 0 bridgehead atoms. The summed E-state index contributed by atoms with van der Waals surface area (Å²) >= 11 is 0. The van der Waals surface area contributed by atoms with Crippen LogP contribution in [-0.4, -0.2) is 73.8 Å². The standard InChI is InChI=1S/C29H33F2N7O3/c1-7-26(39)33-20-14-21(24(40-5)15-23(20)37(4)13-12-36(2)3)34-29-32-16-25(41-6)27(35-29)19-17-38(28(30)31)22-11-9-8-10-18(19)22/h7-11,14-17,28H,1,12-13H2,2-6H3,(H,33,39)(H,32,34,35). The number of para-hydroxylation sites is 1. The number of aromatic nitrogens is 3. The van der Waals surface area contributed by atoms with Crippen LogP contribution in [0.1, 0.15) is 6.55 Å². The number of amides is 1. The lowest BCUT2D eigenvalue weighted by atomic mass is 10.1. The van der Waals surface area contributed by atoms with Crippen molar-refractivity contribution in [3.63, 3.8) is 0 Å². The normalized spacial score (nSPS) is 11.1. The average molecular weight is 566 g/mol. The van der Waals surface area contributed by atoms with Crippen LogP contribution in [0, 0.1) is 0 Å². The summed E-state index contributed by atoms with van der Waals surface area (Å²) < 4.78 is 39.7. The van der Waals surface area contributed by atoms with Gasteiger partial charge in [-0.1, -0.05) is 24.8 Å². The van der Waals surface area contributed by atoms with Gasteiger partial charge < -0.3 is 29.9 Å². The van der Waals surface area contributed by atoms with Crippen molar-refractivity contribution in [3.8, 4) is 22.8 Å². The fourth-order valence-electron chi connectivity index (χ4n) is 4.35. The highest BCUT2D eigenvalue weighted by Crippen LogP contribution is 2.40. The zero-order valence-electron chi connectivity index (χ0n) is 23.6. The molecule has 12 heteroatoms. The van der Waals surface area contributed by atoms with Gasteiger partial charge in [-0.05, 0) is 32.3 Å². The summed E-state index contributed by atoms with van der Waals surface area (Å²) in [6, 6.07) is 10.4. The molecule has 10 nitrogen and oxygen atoms in total. The minimum absolute atomic E-state index is 0.169. The van der Waals surface area contributed by atoms with Crippen molar-refractivity contribution < 1.29 is 23.0 Å². The first-order valence-electron chi connectivity index (χ1n) is 12.7. The predicted octanol–water partition coefficient (Wildman–Crippen LogP) is 5.38. The van der Waals surface area contributed by atoms with Crippen LogP contribution in [0.2, 0.25) is 0 Å². The average Bonchev–Trinajstić information content (AvgIpc) is 3.36. The molecule has 0 atom stereocenters. The Balaban J connectivity index is 1.78. The number of hydrogen-bond acceptors (Lipinski definition) is 8. The van der Waals surface area contributed by atoms with Gasteiger partial charge in [-0.15, -0.1) is 0 Å². The third kappa shape index (κ3) is 6.38. The zero-order chi connectivity index (χ0) is 29.7. The molecule has 0 aliphatic heterocycles. The molecule has 2 aromatic carbocycles. The van der Waals surface area contributed by atoms with Gasteiger partial charge in [-0.3, -0.25) is 9.36 Å². The maximum absolute atomic E-state index is 13.8. The summed E-state index contributed by atoms with van der Waals surface area (Å²) in [4.78, 5) is 25.3. The van der Waals surface area contributed by atoms with E-state index in [0.717, 1.165) is 16.8 Å². The molecule has 1 amide bonds. The Morgan fingerprint density at radius 3 is 2.49 bits per heavy atom. The Morgan fingerprint density at radius 2 is 1.83 bits per heavy atom. The first-order chi connectivity index (χ1) is 19.7. The number of anilines is 4. The van der Waals surface area contributed by atoms with Crippen LogP contribution in [0.5, 0.6) is 11.5 Å². The molecule has 0 saturated carbocycles. The third-order valence-corrected chi connectivity index (χ3v) is 6.48. The number of rotatable bonds is 12. The van der Waals surface area contributed by atoms with Gasteiger partial charge in [0, 0.05) is 43.4 Å². The highest BCUT2D eigenvalue weighted by molar-refractivity contribution is 6.02. The molecule has 2 N–H and O–H groups in total. The number of likely N-dealkylation sites (N-methyl/N-ethyl adjacent to an activating group) is 2. The van der Waals surface area contributed by atoms with E-state index in [1.54, 1.807) is 36.4 Å². The van der Waals surface area contributed by atoms with Crippen LogP contribution >= 0.6 is 0 Å². The zero-order valence-corrected chi connectivity index (χ0v) is 23.6. The lowest BCUT2D eigenvalue weighted by Gasteiger charge is -2.26. The Labute approximate surface area is 237 Å². The second-order valence-corrected chi connectivity index (χ2v) is 9.47. The summed E-state index contributed by atoms with van der Waals surface area (Å²) in [5, 5.41) is 6.59. The van der Waals surface area contributed by atoms with Gasteiger partial charge in [0.25, 0.3) is 0 Å². The topological polar surface area (TPSA) is 96.8 Å². The first kappa shape index (κ1) is 29.3. The molecular weight excluding hydrogens is 532 g/mol. The van der Waals surface area contributed by atoms with Crippen molar-refractivity contribution in [3.05, 3.63) is 61.4 Å². The molecule has 4 rings (SSSR count). The second-order valence-electron chi connectivity index (χ2n) is 9.47. The number of nitrogens with zero attached hydrogens (tertiary/aromatic N) is 5. The van der Waals surface area contributed by atoms with Crippen LogP contribution < -0.4 is 25.0 Å². The molecule has 0 aliphatic rings. The molecule has 0 radical (unpaired) electrons. The number of halogens is 2.